The maximum Gasteiger partial charge on any atom is 0.238 e. The summed E-state index contributed by atoms with van der Waals surface area (Å²) in [4.78, 5) is 17.3. The Morgan fingerprint density at radius 1 is 0.933 bits per heavy atom. The monoisotopic (exact) mass is 419 g/mol. The van der Waals surface area contributed by atoms with Crippen LogP contribution in [0.15, 0.2) is 78.0 Å². The minimum absolute atomic E-state index is 0.0317. The predicted molar refractivity (Wildman–Crippen MR) is 113 cm³/mol. The van der Waals surface area contributed by atoms with Crippen LogP contribution in [0.25, 0.3) is 22.4 Å². The summed E-state index contributed by atoms with van der Waals surface area (Å²) in [5.41, 5.74) is 9.29. The van der Waals surface area contributed by atoms with Crippen molar-refractivity contribution in [3.05, 3.63) is 84.2 Å². The molecule has 0 saturated heterocycles. The van der Waals surface area contributed by atoms with Crippen LogP contribution in [0.2, 0.25) is 0 Å². The maximum atomic E-state index is 13.3. The van der Waals surface area contributed by atoms with Gasteiger partial charge in [-0.3, -0.25) is 14.9 Å². The number of pyridine rings is 1. The molecule has 4 aromatic rings. The van der Waals surface area contributed by atoms with Gasteiger partial charge in [0.2, 0.25) is 10.0 Å². The molecule has 150 valence electrons. The van der Waals surface area contributed by atoms with Gasteiger partial charge in [0.1, 0.15) is 0 Å². The Morgan fingerprint density at radius 2 is 1.67 bits per heavy atom. The van der Waals surface area contributed by atoms with Gasteiger partial charge in [0, 0.05) is 29.1 Å². The largest absolute Gasteiger partial charge is 0.382 e. The number of rotatable bonds is 5. The highest BCUT2D eigenvalue weighted by molar-refractivity contribution is 7.89. The molecule has 2 aromatic heterocycles. The smallest absolute Gasteiger partial charge is 0.238 e. The van der Waals surface area contributed by atoms with Gasteiger partial charge in [0.25, 0.3) is 0 Å². The third-order valence-electron chi connectivity index (χ3n) is 4.61. The fourth-order valence-electron chi connectivity index (χ4n) is 3.12. The van der Waals surface area contributed by atoms with E-state index in [1.807, 2.05) is 18.2 Å². The molecule has 0 amide bonds. The van der Waals surface area contributed by atoms with Gasteiger partial charge in [-0.15, -0.1) is 0 Å². The van der Waals surface area contributed by atoms with E-state index in [4.69, 9.17) is 10.9 Å². The summed E-state index contributed by atoms with van der Waals surface area (Å²) < 4.78 is 22.9. The summed E-state index contributed by atoms with van der Waals surface area (Å²) in [5, 5.41) is 11.9. The third kappa shape index (κ3) is 3.71. The third-order valence-corrected chi connectivity index (χ3v) is 5.54. The summed E-state index contributed by atoms with van der Waals surface area (Å²) in [6.07, 6.45) is 3.40. The lowest BCUT2D eigenvalue weighted by Crippen LogP contribution is -2.11. The Morgan fingerprint density at radius 3 is 2.33 bits per heavy atom. The average Bonchev–Trinajstić information content (AvgIpc) is 3.15. The zero-order valence-electron chi connectivity index (χ0n) is 15.6. The van der Waals surface area contributed by atoms with E-state index in [1.165, 1.54) is 24.3 Å². The molecule has 0 atom stereocenters. The first-order valence-electron chi connectivity index (χ1n) is 8.87. The van der Waals surface area contributed by atoms with E-state index in [2.05, 4.69) is 15.2 Å². The molecule has 0 unspecified atom stereocenters. The fourth-order valence-corrected chi connectivity index (χ4v) is 3.64. The molecule has 0 spiro atoms. The molecule has 0 aliphatic carbocycles. The molecular weight excluding hydrogens is 402 g/mol. The molecule has 2 aromatic carbocycles. The molecule has 2 heterocycles. The molecule has 9 heteroatoms. The first-order valence-corrected chi connectivity index (χ1v) is 10.4. The average molecular weight is 419 g/mol. The Balaban J connectivity index is 1.74. The number of hydrogen-bond acceptors (Lipinski definition) is 6. The van der Waals surface area contributed by atoms with Gasteiger partial charge in [-0.05, 0) is 29.8 Å². The number of benzene rings is 2. The second-order valence-corrected chi connectivity index (χ2v) is 8.14. The van der Waals surface area contributed by atoms with E-state index >= 15 is 0 Å². The lowest BCUT2D eigenvalue weighted by molar-refractivity contribution is 0.104. The van der Waals surface area contributed by atoms with Crippen LogP contribution in [0.1, 0.15) is 15.9 Å². The van der Waals surface area contributed by atoms with Crippen molar-refractivity contribution in [2.45, 2.75) is 4.90 Å². The lowest BCUT2D eigenvalue weighted by atomic mass is 9.97. The highest BCUT2D eigenvalue weighted by atomic mass is 32.2. The van der Waals surface area contributed by atoms with Crippen LogP contribution in [0.5, 0.6) is 0 Å². The topological polar surface area (TPSA) is 145 Å². The van der Waals surface area contributed by atoms with Gasteiger partial charge in [0.15, 0.2) is 11.6 Å². The fraction of sp³-hybridized carbons (Fsp3) is 0. The van der Waals surface area contributed by atoms with Gasteiger partial charge in [0.05, 0.1) is 16.2 Å². The quantitative estimate of drug-likeness (QED) is 0.424. The molecule has 0 saturated carbocycles. The molecule has 0 bridgehead atoms. The van der Waals surface area contributed by atoms with Gasteiger partial charge in [-0.1, -0.05) is 36.4 Å². The predicted octanol–water partition coefficient (Wildman–Crippen LogP) is 2.60. The van der Waals surface area contributed by atoms with Crippen LogP contribution in [0, 0.1) is 0 Å². The summed E-state index contributed by atoms with van der Waals surface area (Å²) in [5.74, 6) is -0.255. The first-order chi connectivity index (χ1) is 14.3. The Kier molecular flexibility index (Phi) is 4.90. The molecule has 0 aliphatic heterocycles. The van der Waals surface area contributed by atoms with Gasteiger partial charge in [-0.2, -0.15) is 5.10 Å². The van der Waals surface area contributed by atoms with Crippen molar-refractivity contribution in [1.29, 1.82) is 0 Å². The number of H-pyrrole nitrogens is 1. The van der Waals surface area contributed by atoms with Crippen molar-refractivity contribution in [1.82, 2.24) is 15.2 Å². The summed E-state index contributed by atoms with van der Waals surface area (Å²) in [6.45, 7) is 0. The van der Waals surface area contributed by atoms with Crippen molar-refractivity contribution >= 4 is 21.6 Å². The number of sulfonamides is 1. The second kappa shape index (κ2) is 7.54. The van der Waals surface area contributed by atoms with Crippen molar-refractivity contribution in [2.24, 2.45) is 5.14 Å². The van der Waals surface area contributed by atoms with Crippen LogP contribution in [0.3, 0.4) is 0 Å². The second-order valence-electron chi connectivity index (χ2n) is 6.58. The van der Waals surface area contributed by atoms with Crippen molar-refractivity contribution in [3.63, 3.8) is 0 Å². The number of nitrogens with zero attached hydrogens (tertiary/aromatic N) is 2. The molecule has 30 heavy (non-hydrogen) atoms. The van der Waals surface area contributed by atoms with Gasteiger partial charge < -0.3 is 5.73 Å². The number of ketones is 1. The normalized spacial score (nSPS) is 11.4. The number of aromatic nitrogens is 3. The standard InChI is InChI=1S/C21H17N5O3S/c22-21-18(19(25-26-21)13-6-8-17(9-7-13)30(23,28)29)20(27)15-4-1-3-14(11-15)16-5-2-10-24-12-16/h1-12H,(H3,22,25,26)(H2,23,28,29). The molecule has 0 fully saturated rings. The Labute approximate surface area is 172 Å². The number of anilines is 1. The summed E-state index contributed by atoms with van der Waals surface area (Å²) >= 11 is 0. The number of nitrogens with two attached hydrogens (primary N) is 2. The first kappa shape index (κ1) is 19.5. The maximum absolute atomic E-state index is 13.3. The molecular formula is C21H17N5O3S. The number of carbonyl (C=O) groups excluding carboxylic acids is 1. The number of nitrogens with one attached hydrogen (secondary N) is 1. The number of aromatic amines is 1. The van der Waals surface area contributed by atoms with Crippen LogP contribution < -0.4 is 10.9 Å². The summed E-state index contributed by atoms with van der Waals surface area (Å²) in [6, 6.07) is 16.7. The van der Waals surface area contributed by atoms with Crippen LogP contribution in [-0.4, -0.2) is 29.4 Å². The summed E-state index contributed by atoms with van der Waals surface area (Å²) in [7, 11) is -3.82. The van der Waals surface area contributed by atoms with Crippen LogP contribution >= 0.6 is 0 Å². The van der Waals surface area contributed by atoms with Crippen LogP contribution in [-0.2, 0) is 10.0 Å². The zero-order chi connectivity index (χ0) is 21.3. The lowest BCUT2D eigenvalue weighted by Gasteiger charge is -2.07. The number of carbonyl (C=O) groups is 1. The van der Waals surface area contributed by atoms with E-state index in [1.54, 1.807) is 30.6 Å². The van der Waals surface area contributed by atoms with Gasteiger partial charge >= 0.3 is 0 Å². The Hall–Kier alpha value is -3.82. The van der Waals surface area contributed by atoms with E-state index < -0.39 is 10.0 Å². The molecule has 0 aliphatic rings. The van der Waals surface area contributed by atoms with Crippen molar-refractivity contribution in [3.8, 4) is 22.4 Å². The van der Waals surface area contributed by atoms with E-state index in [0.29, 0.717) is 16.8 Å². The number of primary sulfonamides is 1. The highest BCUT2D eigenvalue weighted by Gasteiger charge is 2.22. The highest BCUT2D eigenvalue weighted by Crippen LogP contribution is 2.29. The molecule has 5 N–H and O–H groups in total. The van der Waals surface area contributed by atoms with E-state index in [-0.39, 0.29) is 22.1 Å². The Bertz CT molecular complexity index is 1330. The van der Waals surface area contributed by atoms with E-state index in [9.17, 15) is 13.2 Å². The SMILES string of the molecule is Nc1n[nH]c(-c2ccc(S(N)(=O)=O)cc2)c1C(=O)c1cccc(-c2cccnc2)c1. The molecule has 8 nitrogen and oxygen atoms in total. The van der Waals surface area contributed by atoms with Gasteiger partial charge in [-0.25, -0.2) is 13.6 Å². The zero-order valence-corrected chi connectivity index (χ0v) is 16.4. The minimum Gasteiger partial charge on any atom is -0.382 e. The van der Waals surface area contributed by atoms with E-state index in [0.717, 1.165) is 11.1 Å². The number of hydrogen-bond donors (Lipinski definition) is 3. The minimum atomic E-state index is -3.82. The van der Waals surface area contributed by atoms with Crippen LogP contribution in [0.4, 0.5) is 5.82 Å². The van der Waals surface area contributed by atoms with Crippen molar-refractivity contribution in [2.75, 3.05) is 5.73 Å². The molecule has 0 radical (unpaired) electrons. The van der Waals surface area contributed by atoms with Crippen molar-refractivity contribution < 1.29 is 13.2 Å². The molecule has 4 rings (SSSR count). The number of nitrogen functional groups attached to an aromatic ring is 1.